The van der Waals surface area contributed by atoms with Crippen molar-refractivity contribution < 1.29 is 5.11 Å². The van der Waals surface area contributed by atoms with E-state index in [1.165, 1.54) is 0 Å². The fourth-order valence-corrected chi connectivity index (χ4v) is 1.91. The molecule has 3 N–H and O–H groups in total. The SMILES string of the molecule is C[C@@H](O)[C@@H](C)Nc1nc(NC2=CC[CH]C=C2)ncc1Br. The van der Waals surface area contributed by atoms with Crippen molar-refractivity contribution >= 4 is 27.7 Å². The van der Waals surface area contributed by atoms with Crippen molar-refractivity contribution in [1.29, 1.82) is 0 Å². The lowest BCUT2D eigenvalue weighted by molar-refractivity contribution is 0.177. The van der Waals surface area contributed by atoms with Crippen LogP contribution in [0.5, 0.6) is 0 Å². The van der Waals surface area contributed by atoms with Gasteiger partial charge >= 0.3 is 0 Å². The zero-order chi connectivity index (χ0) is 14.5. The molecule has 0 aliphatic heterocycles. The van der Waals surface area contributed by atoms with Gasteiger partial charge in [0.25, 0.3) is 0 Å². The highest BCUT2D eigenvalue weighted by atomic mass is 79.9. The maximum Gasteiger partial charge on any atom is 0.229 e. The quantitative estimate of drug-likeness (QED) is 0.770. The van der Waals surface area contributed by atoms with Crippen LogP contribution in [-0.2, 0) is 0 Å². The first-order valence-electron chi connectivity index (χ1n) is 6.50. The predicted octanol–water partition coefficient (Wildman–Crippen LogP) is 2.88. The van der Waals surface area contributed by atoms with Crippen LogP contribution in [0.1, 0.15) is 20.3 Å². The highest BCUT2D eigenvalue weighted by Crippen LogP contribution is 2.22. The largest absolute Gasteiger partial charge is 0.391 e. The van der Waals surface area contributed by atoms with Gasteiger partial charge in [-0.15, -0.1) is 0 Å². The Morgan fingerprint density at radius 1 is 1.40 bits per heavy atom. The molecule has 1 radical (unpaired) electrons. The van der Waals surface area contributed by atoms with Crippen LogP contribution in [0.2, 0.25) is 0 Å². The monoisotopic (exact) mass is 337 g/mol. The first-order chi connectivity index (χ1) is 9.56. The number of allylic oxidation sites excluding steroid dienone is 3. The average Bonchev–Trinajstić information content (AvgIpc) is 2.43. The van der Waals surface area contributed by atoms with E-state index in [2.05, 4.69) is 49.0 Å². The zero-order valence-electron chi connectivity index (χ0n) is 11.5. The predicted molar refractivity (Wildman–Crippen MR) is 84.3 cm³/mol. The number of hydrogen-bond acceptors (Lipinski definition) is 5. The molecule has 107 valence electrons. The standard InChI is InChI=1S/C14H18BrN4O/c1-9(10(2)20)17-13-12(15)8-16-14(19-13)18-11-6-4-3-5-7-11/h3-4,6-10,20H,5H2,1-2H3,(H2,16,17,18,19)/t9-,10-/m1/s1. The summed E-state index contributed by atoms with van der Waals surface area (Å²) < 4.78 is 0.761. The van der Waals surface area contributed by atoms with Crippen molar-refractivity contribution in [3.05, 3.63) is 41.0 Å². The molecule has 1 aliphatic carbocycles. The van der Waals surface area contributed by atoms with E-state index in [-0.39, 0.29) is 6.04 Å². The second-order valence-electron chi connectivity index (χ2n) is 4.68. The van der Waals surface area contributed by atoms with Gasteiger partial charge in [-0.25, -0.2) is 4.98 Å². The smallest absolute Gasteiger partial charge is 0.229 e. The van der Waals surface area contributed by atoms with E-state index in [1.54, 1.807) is 13.1 Å². The van der Waals surface area contributed by atoms with Gasteiger partial charge in [0, 0.05) is 11.9 Å². The molecule has 0 bridgehead atoms. The first kappa shape index (κ1) is 15.0. The minimum Gasteiger partial charge on any atom is -0.391 e. The van der Waals surface area contributed by atoms with Crippen LogP contribution in [0.15, 0.2) is 34.6 Å². The number of nitrogens with zero attached hydrogens (tertiary/aromatic N) is 2. The molecule has 0 spiro atoms. The molecule has 2 rings (SSSR count). The highest BCUT2D eigenvalue weighted by molar-refractivity contribution is 9.10. The Hall–Kier alpha value is -1.40. The van der Waals surface area contributed by atoms with Crippen LogP contribution in [0, 0.1) is 6.42 Å². The van der Waals surface area contributed by atoms with E-state index in [9.17, 15) is 5.11 Å². The summed E-state index contributed by atoms with van der Waals surface area (Å²) in [7, 11) is 0. The molecular weight excluding hydrogens is 320 g/mol. The van der Waals surface area contributed by atoms with Crippen molar-refractivity contribution in [3.8, 4) is 0 Å². The van der Waals surface area contributed by atoms with E-state index in [0.29, 0.717) is 11.8 Å². The maximum absolute atomic E-state index is 9.54. The zero-order valence-corrected chi connectivity index (χ0v) is 13.1. The number of anilines is 2. The van der Waals surface area contributed by atoms with Crippen molar-refractivity contribution in [2.24, 2.45) is 0 Å². The fourth-order valence-electron chi connectivity index (χ4n) is 1.60. The summed E-state index contributed by atoms with van der Waals surface area (Å²) in [6, 6.07) is -0.0996. The molecule has 6 heteroatoms. The molecule has 1 aliphatic rings. The third-order valence-electron chi connectivity index (χ3n) is 2.97. The third-order valence-corrected chi connectivity index (χ3v) is 3.55. The van der Waals surface area contributed by atoms with Crippen LogP contribution < -0.4 is 10.6 Å². The molecule has 0 aromatic carbocycles. The Morgan fingerprint density at radius 3 is 2.85 bits per heavy atom. The van der Waals surface area contributed by atoms with Crippen molar-refractivity contribution in [2.75, 3.05) is 10.6 Å². The van der Waals surface area contributed by atoms with Crippen molar-refractivity contribution in [3.63, 3.8) is 0 Å². The van der Waals surface area contributed by atoms with Gasteiger partial charge in [0.05, 0.1) is 16.6 Å². The lowest BCUT2D eigenvalue weighted by Crippen LogP contribution is -2.28. The van der Waals surface area contributed by atoms with Gasteiger partial charge in [-0.1, -0.05) is 12.2 Å². The normalized spacial score (nSPS) is 17.3. The molecule has 2 atom stereocenters. The lowest BCUT2D eigenvalue weighted by Gasteiger charge is -2.18. The second-order valence-corrected chi connectivity index (χ2v) is 5.53. The summed E-state index contributed by atoms with van der Waals surface area (Å²) in [6.45, 7) is 3.63. The Labute approximate surface area is 127 Å². The average molecular weight is 338 g/mol. The minimum atomic E-state index is -0.465. The number of halogens is 1. The number of rotatable bonds is 5. The topological polar surface area (TPSA) is 70.1 Å². The van der Waals surface area contributed by atoms with Crippen molar-refractivity contribution in [1.82, 2.24) is 9.97 Å². The van der Waals surface area contributed by atoms with Gasteiger partial charge in [-0.3, -0.25) is 0 Å². The van der Waals surface area contributed by atoms with E-state index in [1.807, 2.05) is 19.1 Å². The Kier molecular flexibility index (Phi) is 5.14. The Balaban J connectivity index is 2.11. The van der Waals surface area contributed by atoms with Crippen LogP contribution in [-0.4, -0.2) is 27.2 Å². The van der Waals surface area contributed by atoms with Crippen LogP contribution in [0.3, 0.4) is 0 Å². The van der Waals surface area contributed by atoms with Gasteiger partial charge in [0.15, 0.2) is 0 Å². The molecular formula is C14H18BrN4O. The first-order valence-corrected chi connectivity index (χ1v) is 7.30. The summed E-state index contributed by atoms with van der Waals surface area (Å²) in [5, 5.41) is 15.9. The maximum atomic E-state index is 9.54. The summed E-state index contributed by atoms with van der Waals surface area (Å²) in [4.78, 5) is 8.64. The molecule has 0 saturated carbocycles. The molecule has 1 heterocycles. The number of nitrogens with one attached hydrogen (secondary N) is 2. The van der Waals surface area contributed by atoms with Crippen LogP contribution in [0.4, 0.5) is 11.8 Å². The molecule has 0 unspecified atom stereocenters. The number of aliphatic hydroxyl groups excluding tert-OH is 1. The fraction of sp³-hybridized carbons (Fsp3) is 0.357. The lowest BCUT2D eigenvalue weighted by atomic mass is 10.1. The van der Waals surface area contributed by atoms with Gasteiger partial charge in [-0.2, -0.15) is 4.98 Å². The van der Waals surface area contributed by atoms with Gasteiger partial charge in [-0.05, 0) is 48.7 Å². The van der Waals surface area contributed by atoms with E-state index in [0.717, 1.165) is 16.6 Å². The Bertz CT molecular complexity index is 528. The third kappa shape index (κ3) is 4.05. The molecule has 1 aromatic heterocycles. The van der Waals surface area contributed by atoms with Crippen LogP contribution in [0.25, 0.3) is 0 Å². The molecule has 20 heavy (non-hydrogen) atoms. The number of hydrogen-bond donors (Lipinski definition) is 3. The second kappa shape index (κ2) is 6.85. The number of aliphatic hydroxyl groups is 1. The molecule has 0 saturated heterocycles. The molecule has 5 nitrogen and oxygen atoms in total. The van der Waals surface area contributed by atoms with Gasteiger partial charge in [0.1, 0.15) is 5.82 Å². The van der Waals surface area contributed by atoms with E-state index < -0.39 is 6.10 Å². The molecule has 1 aromatic rings. The van der Waals surface area contributed by atoms with Gasteiger partial charge in [0.2, 0.25) is 5.95 Å². The summed E-state index contributed by atoms with van der Waals surface area (Å²) in [5.41, 5.74) is 0.976. The minimum absolute atomic E-state index is 0.0996. The summed E-state index contributed by atoms with van der Waals surface area (Å²) in [5.74, 6) is 1.18. The summed E-state index contributed by atoms with van der Waals surface area (Å²) in [6.07, 6.45) is 10.2. The molecule has 0 amide bonds. The molecule has 0 fully saturated rings. The highest BCUT2D eigenvalue weighted by Gasteiger charge is 2.12. The Morgan fingerprint density at radius 2 is 2.20 bits per heavy atom. The number of aromatic nitrogens is 2. The van der Waals surface area contributed by atoms with E-state index >= 15 is 0 Å². The van der Waals surface area contributed by atoms with Crippen LogP contribution >= 0.6 is 15.9 Å². The van der Waals surface area contributed by atoms with E-state index in [4.69, 9.17) is 0 Å². The van der Waals surface area contributed by atoms with Crippen molar-refractivity contribution in [2.45, 2.75) is 32.4 Å². The summed E-state index contributed by atoms with van der Waals surface area (Å²) >= 11 is 3.40. The van der Waals surface area contributed by atoms with Gasteiger partial charge < -0.3 is 15.7 Å².